The Morgan fingerprint density at radius 3 is 2.06 bits per heavy atom. The van der Waals surface area contributed by atoms with E-state index in [0.717, 1.165) is 0 Å². The van der Waals surface area contributed by atoms with E-state index in [1.807, 2.05) is 0 Å². The van der Waals surface area contributed by atoms with E-state index in [1.54, 1.807) is 13.8 Å². The number of rotatable bonds is 4. The van der Waals surface area contributed by atoms with Gasteiger partial charge >= 0.3 is 0 Å². The standard InChI is InChI=1S/C12H17F2NO/c1-11(2,15)8-12(13,14)9-4-6-10(16-3)7-5-9/h4-7H,8,15H2,1-3H3. The van der Waals surface area contributed by atoms with E-state index in [1.165, 1.54) is 31.4 Å². The maximum absolute atomic E-state index is 13.8. The summed E-state index contributed by atoms with van der Waals surface area (Å²) in [4.78, 5) is 0. The van der Waals surface area contributed by atoms with Gasteiger partial charge in [0.1, 0.15) is 5.75 Å². The number of hydrogen-bond acceptors (Lipinski definition) is 2. The highest BCUT2D eigenvalue weighted by Gasteiger charge is 2.36. The maximum Gasteiger partial charge on any atom is 0.274 e. The van der Waals surface area contributed by atoms with Gasteiger partial charge in [0.2, 0.25) is 0 Å². The third kappa shape index (κ3) is 3.45. The minimum Gasteiger partial charge on any atom is -0.497 e. The first-order valence-electron chi connectivity index (χ1n) is 5.06. The first kappa shape index (κ1) is 12.9. The fourth-order valence-electron chi connectivity index (χ4n) is 1.51. The summed E-state index contributed by atoms with van der Waals surface area (Å²) in [6, 6.07) is 5.77. The highest BCUT2D eigenvalue weighted by atomic mass is 19.3. The molecule has 1 aromatic carbocycles. The van der Waals surface area contributed by atoms with Crippen molar-refractivity contribution in [2.75, 3.05) is 7.11 Å². The molecule has 0 unspecified atom stereocenters. The Labute approximate surface area is 94.4 Å². The molecule has 0 fully saturated rings. The van der Waals surface area contributed by atoms with Crippen LogP contribution in [0.3, 0.4) is 0 Å². The molecule has 0 atom stereocenters. The van der Waals surface area contributed by atoms with Crippen LogP contribution in [0.2, 0.25) is 0 Å². The highest BCUT2D eigenvalue weighted by Crippen LogP contribution is 2.35. The zero-order valence-electron chi connectivity index (χ0n) is 9.76. The topological polar surface area (TPSA) is 35.2 Å². The lowest BCUT2D eigenvalue weighted by atomic mass is 9.93. The molecular formula is C12H17F2NO. The second-order valence-electron chi connectivity index (χ2n) is 4.60. The second-order valence-corrected chi connectivity index (χ2v) is 4.60. The Morgan fingerprint density at radius 1 is 1.19 bits per heavy atom. The van der Waals surface area contributed by atoms with E-state index >= 15 is 0 Å². The van der Waals surface area contributed by atoms with E-state index in [0.29, 0.717) is 5.75 Å². The molecule has 0 bridgehead atoms. The molecule has 16 heavy (non-hydrogen) atoms. The summed E-state index contributed by atoms with van der Waals surface area (Å²) >= 11 is 0. The third-order valence-electron chi connectivity index (χ3n) is 2.19. The predicted molar refractivity (Wildman–Crippen MR) is 59.8 cm³/mol. The SMILES string of the molecule is COc1ccc(C(F)(F)CC(C)(C)N)cc1. The molecule has 4 heteroatoms. The first-order chi connectivity index (χ1) is 7.24. The van der Waals surface area contributed by atoms with Gasteiger partial charge in [0, 0.05) is 17.5 Å². The molecule has 1 rings (SSSR count). The van der Waals surface area contributed by atoms with Crippen molar-refractivity contribution >= 4 is 0 Å². The van der Waals surface area contributed by atoms with Crippen LogP contribution in [0.1, 0.15) is 25.8 Å². The molecule has 0 saturated carbocycles. The van der Waals surface area contributed by atoms with Gasteiger partial charge < -0.3 is 10.5 Å². The van der Waals surface area contributed by atoms with Gasteiger partial charge in [-0.2, -0.15) is 0 Å². The van der Waals surface area contributed by atoms with Gasteiger partial charge in [-0.25, -0.2) is 8.78 Å². The van der Waals surface area contributed by atoms with Crippen LogP contribution in [0.25, 0.3) is 0 Å². The molecule has 1 aromatic rings. The minimum absolute atomic E-state index is 0.0353. The van der Waals surface area contributed by atoms with Gasteiger partial charge in [-0.1, -0.05) is 0 Å². The van der Waals surface area contributed by atoms with Crippen molar-refractivity contribution < 1.29 is 13.5 Å². The van der Waals surface area contributed by atoms with Gasteiger partial charge in [0.25, 0.3) is 5.92 Å². The number of alkyl halides is 2. The summed E-state index contributed by atoms with van der Waals surface area (Å²) in [5.74, 6) is -2.35. The summed E-state index contributed by atoms with van der Waals surface area (Å²) in [6.07, 6.45) is -0.383. The third-order valence-corrected chi connectivity index (χ3v) is 2.19. The Balaban J connectivity index is 2.89. The number of benzene rings is 1. The average Bonchev–Trinajstić information content (AvgIpc) is 2.14. The molecule has 0 radical (unpaired) electrons. The number of ether oxygens (including phenoxy) is 1. The zero-order valence-corrected chi connectivity index (χ0v) is 9.76. The van der Waals surface area contributed by atoms with Gasteiger partial charge in [-0.15, -0.1) is 0 Å². The van der Waals surface area contributed by atoms with Crippen LogP contribution in [-0.2, 0) is 5.92 Å². The predicted octanol–water partition coefficient (Wildman–Crippen LogP) is 2.91. The van der Waals surface area contributed by atoms with Crippen LogP contribution in [0, 0.1) is 0 Å². The number of halogens is 2. The molecule has 2 nitrogen and oxygen atoms in total. The van der Waals surface area contributed by atoms with E-state index in [4.69, 9.17) is 10.5 Å². The van der Waals surface area contributed by atoms with Crippen molar-refractivity contribution in [1.82, 2.24) is 0 Å². The van der Waals surface area contributed by atoms with Gasteiger partial charge in [-0.3, -0.25) is 0 Å². The molecule has 90 valence electrons. The molecular weight excluding hydrogens is 212 g/mol. The molecule has 0 amide bonds. The minimum atomic E-state index is -2.91. The summed E-state index contributed by atoms with van der Waals surface area (Å²) in [6.45, 7) is 3.18. The monoisotopic (exact) mass is 229 g/mol. The van der Waals surface area contributed by atoms with E-state index < -0.39 is 11.5 Å². The summed E-state index contributed by atoms with van der Waals surface area (Å²) in [5.41, 5.74) is 4.68. The summed E-state index contributed by atoms with van der Waals surface area (Å²) in [7, 11) is 1.50. The molecule has 0 aromatic heterocycles. The smallest absolute Gasteiger partial charge is 0.274 e. The van der Waals surface area contributed by atoms with Crippen LogP contribution >= 0.6 is 0 Å². The number of hydrogen-bond donors (Lipinski definition) is 1. The second kappa shape index (κ2) is 4.37. The van der Waals surface area contributed by atoms with Crippen LogP contribution in [0.15, 0.2) is 24.3 Å². The highest BCUT2D eigenvalue weighted by molar-refractivity contribution is 5.29. The normalized spacial score (nSPS) is 12.6. The van der Waals surface area contributed by atoms with Crippen LogP contribution in [-0.4, -0.2) is 12.6 Å². The quantitative estimate of drug-likeness (QED) is 0.861. The van der Waals surface area contributed by atoms with E-state index in [-0.39, 0.29) is 12.0 Å². The lowest BCUT2D eigenvalue weighted by molar-refractivity contribution is -0.0296. The lowest BCUT2D eigenvalue weighted by Gasteiger charge is -2.26. The molecule has 0 aliphatic rings. The Kier molecular flexibility index (Phi) is 3.53. The number of methoxy groups -OCH3 is 1. The summed E-state index contributed by atoms with van der Waals surface area (Å²) < 4.78 is 32.4. The fourth-order valence-corrected chi connectivity index (χ4v) is 1.51. The van der Waals surface area contributed by atoms with E-state index in [9.17, 15) is 8.78 Å². The van der Waals surface area contributed by atoms with Crippen molar-refractivity contribution in [3.63, 3.8) is 0 Å². The zero-order chi connectivity index (χ0) is 12.4. The molecule has 0 spiro atoms. The van der Waals surface area contributed by atoms with Crippen molar-refractivity contribution in [1.29, 1.82) is 0 Å². The lowest BCUT2D eigenvalue weighted by Crippen LogP contribution is -2.37. The molecule has 0 aliphatic heterocycles. The maximum atomic E-state index is 13.8. The molecule has 0 aliphatic carbocycles. The number of nitrogens with two attached hydrogens (primary N) is 1. The summed E-state index contributed by atoms with van der Waals surface area (Å²) in [5, 5.41) is 0. The Morgan fingerprint density at radius 2 is 1.69 bits per heavy atom. The first-order valence-corrected chi connectivity index (χ1v) is 5.06. The van der Waals surface area contributed by atoms with Crippen LogP contribution in [0.4, 0.5) is 8.78 Å². The van der Waals surface area contributed by atoms with Gasteiger partial charge in [-0.05, 0) is 38.1 Å². The molecule has 2 N–H and O–H groups in total. The van der Waals surface area contributed by atoms with Gasteiger partial charge in [0.15, 0.2) is 0 Å². The van der Waals surface area contributed by atoms with Crippen molar-refractivity contribution in [3.05, 3.63) is 29.8 Å². The van der Waals surface area contributed by atoms with E-state index in [2.05, 4.69) is 0 Å². The van der Waals surface area contributed by atoms with Crippen molar-refractivity contribution in [3.8, 4) is 5.75 Å². The van der Waals surface area contributed by atoms with Crippen LogP contribution < -0.4 is 10.5 Å². The largest absolute Gasteiger partial charge is 0.497 e. The van der Waals surface area contributed by atoms with Crippen LogP contribution in [0.5, 0.6) is 5.75 Å². The van der Waals surface area contributed by atoms with Crippen molar-refractivity contribution in [2.45, 2.75) is 31.7 Å². The molecule has 0 heterocycles. The Bertz CT molecular complexity index is 341. The van der Waals surface area contributed by atoms with Crippen molar-refractivity contribution in [2.24, 2.45) is 5.73 Å². The average molecular weight is 229 g/mol. The Hall–Kier alpha value is -1.16. The fraction of sp³-hybridized carbons (Fsp3) is 0.500. The molecule has 0 saturated heterocycles. The van der Waals surface area contributed by atoms with Gasteiger partial charge in [0.05, 0.1) is 7.11 Å².